The van der Waals surface area contributed by atoms with Gasteiger partial charge in [-0.05, 0) is 18.1 Å². The molecule has 2 rings (SSSR count). The minimum absolute atomic E-state index is 0.0455. The molecule has 0 aliphatic carbocycles. The molecule has 0 aromatic heterocycles. The Morgan fingerprint density at radius 2 is 1.83 bits per heavy atom. The molecule has 0 aliphatic rings. The molecule has 2 aromatic rings. The first-order chi connectivity index (χ1) is 11.6. The summed E-state index contributed by atoms with van der Waals surface area (Å²) >= 11 is 0. The van der Waals surface area contributed by atoms with Gasteiger partial charge in [0.15, 0.2) is 0 Å². The van der Waals surface area contributed by atoms with Crippen molar-refractivity contribution in [2.45, 2.75) is 13.5 Å². The van der Waals surface area contributed by atoms with Crippen LogP contribution in [0.2, 0.25) is 0 Å². The third-order valence-electron chi connectivity index (χ3n) is 3.26. The fourth-order valence-corrected chi connectivity index (χ4v) is 2.09. The van der Waals surface area contributed by atoms with Crippen LogP contribution >= 0.6 is 0 Å². The molecule has 0 spiro atoms. The minimum atomic E-state index is -0.437. The van der Waals surface area contributed by atoms with Crippen LogP contribution in [0.5, 0.6) is 0 Å². The number of esters is 1. The summed E-state index contributed by atoms with van der Waals surface area (Å²) in [6.45, 7) is 2.48. The number of nitro groups is 1. The second-order valence-corrected chi connectivity index (χ2v) is 4.95. The number of hydrogen-bond acceptors (Lipinski definition) is 5. The van der Waals surface area contributed by atoms with Crippen molar-refractivity contribution in [3.05, 3.63) is 81.9 Å². The van der Waals surface area contributed by atoms with E-state index in [1.54, 1.807) is 19.1 Å². The van der Waals surface area contributed by atoms with Gasteiger partial charge in [0.1, 0.15) is 0 Å². The first-order valence-electron chi connectivity index (χ1n) is 7.51. The van der Waals surface area contributed by atoms with Gasteiger partial charge >= 0.3 is 5.97 Å². The van der Waals surface area contributed by atoms with Crippen LogP contribution in [0, 0.1) is 10.1 Å². The minimum Gasteiger partial charge on any atom is -0.463 e. The van der Waals surface area contributed by atoms with Crippen LogP contribution in [0.1, 0.15) is 18.1 Å². The molecule has 0 fully saturated rings. The molecule has 124 valence electrons. The smallest absolute Gasteiger partial charge is 0.332 e. The van der Waals surface area contributed by atoms with Gasteiger partial charge < -0.3 is 10.1 Å². The zero-order chi connectivity index (χ0) is 17.4. The number of benzene rings is 2. The lowest BCUT2D eigenvalue weighted by molar-refractivity contribution is -0.384. The van der Waals surface area contributed by atoms with Crippen LogP contribution in [0.4, 0.5) is 5.69 Å². The van der Waals surface area contributed by atoms with Gasteiger partial charge in [0, 0.05) is 30.5 Å². The van der Waals surface area contributed by atoms with Gasteiger partial charge in [-0.2, -0.15) is 0 Å². The SMILES string of the molecule is CCOC(=O)/C=C(\NCc1ccc([N+](=O)[O-])cc1)c1ccccc1. The average molecular weight is 326 g/mol. The molecule has 0 heterocycles. The van der Waals surface area contributed by atoms with Gasteiger partial charge in [0.05, 0.1) is 11.5 Å². The van der Waals surface area contributed by atoms with Crippen LogP contribution in [0.3, 0.4) is 0 Å². The first kappa shape index (κ1) is 17.2. The summed E-state index contributed by atoms with van der Waals surface area (Å²) in [5.74, 6) is -0.424. The number of ether oxygens (including phenoxy) is 1. The zero-order valence-corrected chi connectivity index (χ0v) is 13.3. The van der Waals surface area contributed by atoms with Gasteiger partial charge in [-0.25, -0.2) is 4.79 Å². The van der Waals surface area contributed by atoms with E-state index < -0.39 is 10.9 Å². The summed E-state index contributed by atoms with van der Waals surface area (Å²) in [5, 5.41) is 13.9. The van der Waals surface area contributed by atoms with Gasteiger partial charge in [-0.1, -0.05) is 42.5 Å². The van der Waals surface area contributed by atoms with E-state index in [-0.39, 0.29) is 5.69 Å². The second kappa shape index (κ2) is 8.47. The number of non-ortho nitro benzene ring substituents is 1. The maximum absolute atomic E-state index is 11.7. The predicted molar refractivity (Wildman–Crippen MR) is 91.0 cm³/mol. The summed E-state index contributed by atoms with van der Waals surface area (Å²) in [6, 6.07) is 15.7. The number of nitrogens with zero attached hydrogens (tertiary/aromatic N) is 1. The molecule has 0 amide bonds. The number of rotatable bonds is 7. The van der Waals surface area contributed by atoms with Crippen molar-refractivity contribution in [2.24, 2.45) is 0 Å². The first-order valence-corrected chi connectivity index (χ1v) is 7.51. The molecule has 0 aliphatic heterocycles. The molecule has 6 nitrogen and oxygen atoms in total. The van der Waals surface area contributed by atoms with Crippen LogP contribution in [-0.4, -0.2) is 17.5 Å². The van der Waals surface area contributed by atoms with Crippen molar-refractivity contribution in [3.63, 3.8) is 0 Å². The molecule has 0 atom stereocenters. The number of carbonyl (C=O) groups is 1. The van der Waals surface area contributed by atoms with E-state index in [2.05, 4.69) is 5.32 Å². The maximum Gasteiger partial charge on any atom is 0.332 e. The van der Waals surface area contributed by atoms with Gasteiger partial charge in [0.2, 0.25) is 0 Å². The quantitative estimate of drug-likeness (QED) is 0.365. The lowest BCUT2D eigenvalue weighted by Gasteiger charge is -2.11. The zero-order valence-electron chi connectivity index (χ0n) is 13.3. The summed E-state index contributed by atoms with van der Waals surface area (Å²) in [6.07, 6.45) is 1.41. The molecule has 0 radical (unpaired) electrons. The molecular formula is C18H18N2O4. The van der Waals surface area contributed by atoms with Crippen LogP contribution < -0.4 is 5.32 Å². The molecule has 1 N–H and O–H groups in total. The van der Waals surface area contributed by atoms with E-state index in [1.165, 1.54) is 18.2 Å². The third kappa shape index (κ3) is 4.95. The fourth-order valence-electron chi connectivity index (χ4n) is 2.09. The Morgan fingerprint density at radius 1 is 1.17 bits per heavy atom. The Labute approximate surface area is 139 Å². The largest absolute Gasteiger partial charge is 0.463 e. The van der Waals surface area contributed by atoms with Gasteiger partial charge in [0.25, 0.3) is 5.69 Å². The topological polar surface area (TPSA) is 81.5 Å². The molecule has 0 bridgehead atoms. The van der Waals surface area contributed by atoms with Gasteiger partial charge in [-0.3, -0.25) is 10.1 Å². The van der Waals surface area contributed by atoms with Crippen molar-refractivity contribution in [3.8, 4) is 0 Å². The fraction of sp³-hybridized carbons (Fsp3) is 0.167. The predicted octanol–water partition coefficient (Wildman–Crippen LogP) is 3.29. The van der Waals surface area contributed by atoms with E-state index in [0.29, 0.717) is 18.8 Å². The number of nitro benzene ring substituents is 1. The highest BCUT2D eigenvalue weighted by atomic mass is 16.6. The van der Waals surface area contributed by atoms with Crippen molar-refractivity contribution in [1.29, 1.82) is 0 Å². The van der Waals surface area contributed by atoms with Crippen LogP contribution in [0.15, 0.2) is 60.7 Å². The average Bonchev–Trinajstić information content (AvgIpc) is 2.60. The molecule has 0 saturated carbocycles. The second-order valence-electron chi connectivity index (χ2n) is 4.95. The summed E-state index contributed by atoms with van der Waals surface area (Å²) in [4.78, 5) is 22.0. The van der Waals surface area contributed by atoms with Crippen molar-refractivity contribution in [1.82, 2.24) is 5.32 Å². The van der Waals surface area contributed by atoms with E-state index in [4.69, 9.17) is 4.74 Å². The highest BCUT2D eigenvalue weighted by Gasteiger charge is 2.07. The lowest BCUT2D eigenvalue weighted by atomic mass is 10.1. The Balaban J connectivity index is 2.13. The maximum atomic E-state index is 11.7. The van der Waals surface area contributed by atoms with E-state index in [0.717, 1.165) is 11.1 Å². The summed E-state index contributed by atoms with van der Waals surface area (Å²) < 4.78 is 4.96. The van der Waals surface area contributed by atoms with Crippen molar-refractivity contribution >= 4 is 17.4 Å². The Kier molecular flexibility index (Phi) is 6.08. The molecule has 2 aromatic carbocycles. The summed E-state index contributed by atoms with van der Waals surface area (Å²) in [5.41, 5.74) is 2.40. The number of hydrogen-bond donors (Lipinski definition) is 1. The van der Waals surface area contributed by atoms with Gasteiger partial charge in [-0.15, -0.1) is 0 Å². The molecule has 6 heteroatoms. The molecule has 0 saturated heterocycles. The highest BCUT2D eigenvalue weighted by molar-refractivity contribution is 5.90. The Bertz CT molecular complexity index is 724. The number of nitrogens with one attached hydrogen (secondary N) is 1. The molecular weight excluding hydrogens is 308 g/mol. The lowest BCUT2D eigenvalue weighted by Crippen LogP contribution is -2.14. The highest BCUT2D eigenvalue weighted by Crippen LogP contribution is 2.15. The molecule has 24 heavy (non-hydrogen) atoms. The van der Waals surface area contributed by atoms with Crippen LogP contribution in [0.25, 0.3) is 5.70 Å². The van der Waals surface area contributed by atoms with Crippen molar-refractivity contribution in [2.75, 3.05) is 6.61 Å². The van der Waals surface area contributed by atoms with E-state index in [1.807, 2.05) is 30.3 Å². The van der Waals surface area contributed by atoms with E-state index in [9.17, 15) is 14.9 Å². The third-order valence-corrected chi connectivity index (χ3v) is 3.26. The Hall–Kier alpha value is -3.15. The molecule has 0 unspecified atom stereocenters. The van der Waals surface area contributed by atoms with E-state index >= 15 is 0 Å². The monoisotopic (exact) mass is 326 g/mol. The summed E-state index contributed by atoms with van der Waals surface area (Å²) in [7, 11) is 0. The number of carbonyl (C=O) groups excluding carboxylic acids is 1. The van der Waals surface area contributed by atoms with Crippen molar-refractivity contribution < 1.29 is 14.5 Å². The Morgan fingerprint density at radius 3 is 2.42 bits per heavy atom. The van der Waals surface area contributed by atoms with Crippen LogP contribution in [-0.2, 0) is 16.1 Å². The normalized spacial score (nSPS) is 11.0. The standard InChI is InChI=1S/C18H18N2O4/c1-2-24-18(21)12-17(15-6-4-3-5-7-15)19-13-14-8-10-16(11-9-14)20(22)23/h3-12,19H,2,13H2,1H3/b17-12-.